The van der Waals surface area contributed by atoms with Gasteiger partial charge in [-0.25, -0.2) is 9.59 Å². The van der Waals surface area contributed by atoms with E-state index in [0.29, 0.717) is 12.1 Å². The minimum atomic E-state index is -4.83. The second kappa shape index (κ2) is 9.60. The second-order valence-corrected chi connectivity index (χ2v) is 9.50. The van der Waals surface area contributed by atoms with Crippen molar-refractivity contribution in [2.45, 2.75) is 56.6 Å². The summed E-state index contributed by atoms with van der Waals surface area (Å²) in [6, 6.07) is 11.4. The normalized spacial score (nSPS) is 22.6. The summed E-state index contributed by atoms with van der Waals surface area (Å²) in [5.41, 5.74) is 1.59. The van der Waals surface area contributed by atoms with Gasteiger partial charge < -0.3 is 19.5 Å². The fourth-order valence-electron chi connectivity index (χ4n) is 5.62. The van der Waals surface area contributed by atoms with Gasteiger partial charge in [-0.3, -0.25) is 9.69 Å². The fraction of sp³-hybridized carbons (Fsp3) is 0.423. The van der Waals surface area contributed by atoms with Crippen LogP contribution < -0.4 is 9.64 Å². The zero-order chi connectivity index (χ0) is 26.3. The first-order valence-corrected chi connectivity index (χ1v) is 12.1. The van der Waals surface area contributed by atoms with E-state index >= 15 is 0 Å². The number of halogens is 3. The molecule has 0 saturated heterocycles. The Labute approximate surface area is 210 Å². The lowest BCUT2D eigenvalue weighted by molar-refractivity contribution is -0.274. The third kappa shape index (κ3) is 5.07. The number of aliphatic carboxylic acids is 1. The number of rotatable bonds is 6. The number of benzene rings is 2. The van der Waals surface area contributed by atoms with Gasteiger partial charge in [-0.1, -0.05) is 24.6 Å². The number of nitrogens with zero attached hydrogens (tertiary/aromatic N) is 2. The van der Waals surface area contributed by atoms with Gasteiger partial charge in [-0.15, -0.1) is 13.2 Å². The topological polar surface area (TPSA) is 96.4 Å². The van der Waals surface area contributed by atoms with E-state index in [1.165, 1.54) is 12.1 Å². The van der Waals surface area contributed by atoms with Crippen LogP contribution in [0.25, 0.3) is 0 Å². The van der Waals surface area contributed by atoms with Gasteiger partial charge in [0.15, 0.2) is 6.61 Å². The van der Waals surface area contributed by atoms with Crippen LogP contribution in [0.5, 0.6) is 5.75 Å². The van der Waals surface area contributed by atoms with E-state index in [1.807, 2.05) is 12.1 Å². The monoisotopic (exact) mass is 518 g/mol. The van der Waals surface area contributed by atoms with E-state index in [0.717, 1.165) is 43.4 Å². The van der Waals surface area contributed by atoms with Gasteiger partial charge in [-0.2, -0.15) is 0 Å². The molecule has 0 radical (unpaired) electrons. The van der Waals surface area contributed by atoms with Crippen LogP contribution in [0.1, 0.15) is 54.1 Å². The molecular formula is C26H25F3N2O6. The summed E-state index contributed by atoms with van der Waals surface area (Å²) in [4.78, 5) is 41.1. The van der Waals surface area contributed by atoms with Crippen LogP contribution in [0.2, 0.25) is 0 Å². The van der Waals surface area contributed by atoms with Crippen LogP contribution in [-0.4, -0.2) is 53.0 Å². The quantitative estimate of drug-likeness (QED) is 0.569. The van der Waals surface area contributed by atoms with Gasteiger partial charge >= 0.3 is 18.4 Å². The molecule has 0 unspecified atom stereocenters. The molecule has 2 saturated carbocycles. The number of carbonyl (C=O) groups excluding carboxylic acids is 2. The van der Waals surface area contributed by atoms with Gasteiger partial charge in [0.2, 0.25) is 0 Å². The summed E-state index contributed by atoms with van der Waals surface area (Å²) in [7, 11) is 0. The molecule has 3 aliphatic rings. The highest BCUT2D eigenvalue weighted by molar-refractivity contribution is 6.07. The first-order valence-electron chi connectivity index (χ1n) is 12.1. The SMILES string of the molecule is O=C(O)COC(=O)N(C1CC1)[C@H]1c2ccccc2N(C(=O)c2ccc(OC(F)(F)F)cc2)[C@@H]2CCC[C@@H]21. The third-order valence-electron chi connectivity index (χ3n) is 7.11. The maximum absolute atomic E-state index is 13.7. The number of hydrogen-bond donors (Lipinski definition) is 1. The van der Waals surface area contributed by atoms with Crippen LogP contribution >= 0.6 is 0 Å². The van der Waals surface area contributed by atoms with Crippen molar-refractivity contribution >= 4 is 23.7 Å². The van der Waals surface area contributed by atoms with Crippen LogP contribution in [0.3, 0.4) is 0 Å². The summed E-state index contributed by atoms with van der Waals surface area (Å²) in [5, 5.41) is 8.99. The maximum Gasteiger partial charge on any atom is 0.573 e. The van der Waals surface area contributed by atoms with Crippen LogP contribution in [0, 0.1) is 5.92 Å². The number of para-hydroxylation sites is 1. The number of amides is 2. The third-order valence-corrected chi connectivity index (χ3v) is 7.11. The van der Waals surface area contributed by atoms with Gasteiger partial charge in [0.1, 0.15) is 5.75 Å². The number of carboxylic acids is 1. The van der Waals surface area contributed by atoms with E-state index in [4.69, 9.17) is 9.84 Å². The van der Waals surface area contributed by atoms with Crippen molar-refractivity contribution in [2.24, 2.45) is 5.92 Å². The van der Waals surface area contributed by atoms with Crippen molar-refractivity contribution in [2.75, 3.05) is 11.5 Å². The molecule has 8 nitrogen and oxygen atoms in total. The second-order valence-electron chi connectivity index (χ2n) is 9.50. The zero-order valence-electron chi connectivity index (χ0n) is 19.7. The average Bonchev–Trinajstić information content (AvgIpc) is 3.57. The number of alkyl halides is 3. The molecule has 2 aromatic carbocycles. The lowest BCUT2D eigenvalue weighted by atomic mass is 9.81. The number of hydrogen-bond acceptors (Lipinski definition) is 5. The van der Waals surface area contributed by atoms with Crippen molar-refractivity contribution in [1.29, 1.82) is 0 Å². The lowest BCUT2D eigenvalue weighted by Crippen LogP contribution is -2.53. The highest BCUT2D eigenvalue weighted by atomic mass is 19.4. The molecule has 2 amide bonds. The minimum absolute atomic E-state index is 0.0657. The summed E-state index contributed by atoms with van der Waals surface area (Å²) in [5.74, 6) is -2.12. The molecule has 0 bridgehead atoms. The molecule has 0 spiro atoms. The van der Waals surface area contributed by atoms with Crippen molar-refractivity contribution in [1.82, 2.24) is 4.90 Å². The van der Waals surface area contributed by atoms with Crippen molar-refractivity contribution in [3.63, 3.8) is 0 Å². The first-order chi connectivity index (χ1) is 17.6. The van der Waals surface area contributed by atoms with E-state index in [2.05, 4.69) is 4.74 Å². The summed E-state index contributed by atoms with van der Waals surface area (Å²) in [6.07, 6.45) is -1.68. The van der Waals surface area contributed by atoms with Crippen LogP contribution in [0.4, 0.5) is 23.7 Å². The Kier molecular flexibility index (Phi) is 6.47. The fourth-order valence-corrected chi connectivity index (χ4v) is 5.62. The summed E-state index contributed by atoms with van der Waals surface area (Å²) < 4.78 is 46.7. The molecule has 196 valence electrons. The molecule has 37 heavy (non-hydrogen) atoms. The van der Waals surface area contributed by atoms with Crippen molar-refractivity contribution < 1.29 is 42.1 Å². The average molecular weight is 518 g/mol. The Hall–Kier alpha value is -3.76. The number of carbonyl (C=O) groups is 3. The number of anilines is 1. The Morgan fingerprint density at radius 3 is 2.35 bits per heavy atom. The molecule has 2 fully saturated rings. The standard InChI is InChI=1S/C26H25F3N2O6/c27-26(28,29)37-17-12-8-15(9-13-17)24(34)31-20-6-2-1-4-18(20)23(19-5-3-7-21(19)31)30(16-10-11-16)25(35)36-14-22(32)33/h1-2,4,6,8-9,12-13,16,19,21,23H,3,5,7,10-11,14H2,(H,32,33)/t19-,21+,23-/m0/s1. The first kappa shape index (κ1) is 24.9. The highest BCUT2D eigenvalue weighted by Crippen LogP contribution is 2.52. The smallest absolute Gasteiger partial charge is 0.479 e. The van der Waals surface area contributed by atoms with Gasteiger partial charge in [0.05, 0.1) is 6.04 Å². The van der Waals surface area contributed by atoms with Crippen molar-refractivity contribution in [3.05, 3.63) is 59.7 Å². The molecule has 2 aliphatic carbocycles. The molecule has 2 aromatic rings. The number of fused-ring (bicyclic) bond motifs is 2. The van der Waals surface area contributed by atoms with E-state index in [1.54, 1.807) is 21.9 Å². The number of ether oxygens (including phenoxy) is 2. The predicted molar refractivity (Wildman–Crippen MR) is 124 cm³/mol. The summed E-state index contributed by atoms with van der Waals surface area (Å²) in [6.45, 7) is -0.733. The molecule has 5 rings (SSSR count). The zero-order valence-corrected chi connectivity index (χ0v) is 19.7. The number of carboxylic acid groups (broad SMARTS) is 1. The van der Waals surface area contributed by atoms with Gasteiger partial charge in [0, 0.05) is 29.3 Å². The Morgan fingerprint density at radius 1 is 1.00 bits per heavy atom. The van der Waals surface area contributed by atoms with Crippen molar-refractivity contribution in [3.8, 4) is 5.75 Å². The predicted octanol–water partition coefficient (Wildman–Crippen LogP) is 5.14. The van der Waals surface area contributed by atoms with Gasteiger partial charge in [-0.05, 0) is 61.6 Å². The van der Waals surface area contributed by atoms with Crippen LogP contribution in [-0.2, 0) is 9.53 Å². The van der Waals surface area contributed by atoms with Gasteiger partial charge in [0.25, 0.3) is 5.91 Å². The largest absolute Gasteiger partial charge is 0.573 e. The Balaban J connectivity index is 1.49. The Bertz CT molecular complexity index is 1200. The molecule has 1 N–H and O–H groups in total. The molecule has 3 atom stereocenters. The van der Waals surface area contributed by atoms with E-state index in [-0.39, 0.29) is 35.5 Å². The molecule has 1 aliphatic heterocycles. The maximum atomic E-state index is 13.7. The van der Waals surface area contributed by atoms with Crippen LogP contribution in [0.15, 0.2) is 48.5 Å². The lowest BCUT2D eigenvalue weighted by Gasteiger charge is -2.47. The molecule has 0 aromatic heterocycles. The molecule has 1 heterocycles. The molecular weight excluding hydrogens is 493 g/mol. The highest BCUT2D eigenvalue weighted by Gasteiger charge is 2.52. The minimum Gasteiger partial charge on any atom is -0.479 e. The van der Waals surface area contributed by atoms with E-state index in [9.17, 15) is 27.6 Å². The summed E-state index contributed by atoms with van der Waals surface area (Å²) >= 11 is 0. The van der Waals surface area contributed by atoms with E-state index < -0.39 is 30.8 Å². The molecule has 11 heteroatoms. The Morgan fingerprint density at radius 2 is 1.70 bits per heavy atom.